The molecule has 2 saturated heterocycles. The Morgan fingerprint density at radius 3 is 3.13 bits per heavy atom. The Kier molecular flexibility index (Phi) is 4.50. The summed E-state index contributed by atoms with van der Waals surface area (Å²) in [6.07, 6.45) is 2.77. The molecule has 1 aromatic rings. The number of rotatable bonds is 3. The number of piperidine rings is 2. The number of likely N-dealkylation sites (tertiary alicyclic amines) is 1. The lowest BCUT2D eigenvalue weighted by atomic mass is 9.71. The number of fused-ring (bicyclic) bond motifs is 1. The first kappa shape index (κ1) is 16.1. The number of hydrogen-bond acceptors (Lipinski definition) is 5. The third kappa shape index (κ3) is 3.16. The number of nitrogens with one attached hydrogen (secondary N) is 1. The lowest BCUT2D eigenvalue weighted by Crippen LogP contribution is -2.62. The normalized spacial score (nSPS) is 27.6. The Hall–Kier alpha value is -1.73. The molecule has 7 nitrogen and oxygen atoms in total. The highest BCUT2D eigenvalue weighted by atomic mass is 16.3. The fourth-order valence-corrected chi connectivity index (χ4v) is 3.79. The van der Waals surface area contributed by atoms with Crippen LogP contribution >= 0.6 is 0 Å². The van der Waals surface area contributed by atoms with E-state index in [1.165, 1.54) is 10.7 Å². The second-order valence-electron chi connectivity index (χ2n) is 6.71. The first-order chi connectivity index (χ1) is 11.0. The zero-order valence-electron chi connectivity index (χ0n) is 13.5. The van der Waals surface area contributed by atoms with Crippen LogP contribution in [-0.2, 0) is 11.3 Å². The Morgan fingerprint density at radius 2 is 2.35 bits per heavy atom. The van der Waals surface area contributed by atoms with E-state index in [9.17, 15) is 14.7 Å². The van der Waals surface area contributed by atoms with Gasteiger partial charge in [0.25, 0.3) is 5.56 Å². The molecular weight excluding hydrogens is 296 g/mol. The molecule has 0 aliphatic carbocycles. The molecule has 0 unspecified atom stereocenters. The molecule has 7 heteroatoms. The lowest BCUT2D eigenvalue weighted by Gasteiger charge is -2.50. The molecule has 2 aliphatic heterocycles. The van der Waals surface area contributed by atoms with E-state index in [4.69, 9.17) is 0 Å². The van der Waals surface area contributed by atoms with Crippen LogP contribution in [0, 0.1) is 12.3 Å². The average Bonchev–Trinajstić information content (AvgIpc) is 2.57. The second-order valence-corrected chi connectivity index (χ2v) is 6.71. The Balaban J connectivity index is 1.73. The Labute approximate surface area is 135 Å². The first-order valence-corrected chi connectivity index (χ1v) is 8.21. The molecule has 0 radical (unpaired) electrons. The van der Waals surface area contributed by atoms with Gasteiger partial charge in [-0.25, -0.2) is 4.68 Å². The van der Waals surface area contributed by atoms with Crippen LogP contribution in [0.3, 0.4) is 0 Å². The van der Waals surface area contributed by atoms with Gasteiger partial charge < -0.3 is 15.3 Å². The third-order valence-electron chi connectivity index (χ3n) is 5.13. The van der Waals surface area contributed by atoms with Crippen molar-refractivity contribution in [1.29, 1.82) is 0 Å². The van der Waals surface area contributed by atoms with Crippen molar-refractivity contribution >= 4 is 5.91 Å². The van der Waals surface area contributed by atoms with Crippen LogP contribution in [-0.4, -0.2) is 58.0 Å². The number of aliphatic hydroxyl groups is 1. The van der Waals surface area contributed by atoms with E-state index < -0.39 is 0 Å². The maximum Gasteiger partial charge on any atom is 0.267 e. The van der Waals surface area contributed by atoms with Crippen molar-refractivity contribution < 1.29 is 9.90 Å². The van der Waals surface area contributed by atoms with Crippen molar-refractivity contribution in [3.8, 4) is 0 Å². The summed E-state index contributed by atoms with van der Waals surface area (Å²) in [6.45, 7) is 4.00. The summed E-state index contributed by atoms with van der Waals surface area (Å²) in [5, 5.41) is 17.5. The number of hydrogen-bond donors (Lipinski definition) is 2. The second kappa shape index (κ2) is 6.41. The van der Waals surface area contributed by atoms with Crippen LogP contribution in [0.25, 0.3) is 0 Å². The van der Waals surface area contributed by atoms with Crippen molar-refractivity contribution in [3.63, 3.8) is 0 Å². The maximum absolute atomic E-state index is 12.6. The quantitative estimate of drug-likeness (QED) is 0.785. The average molecular weight is 320 g/mol. The lowest BCUT2D eigenvalue weighted by molar-refractivity contribution is -0.138. The molecule has 0 spiro atoms. The number of aromatic nitrogens is 2. The molecular formula is C16H24N4O3. The SMILES string of the molecule is Cc1ccc(=O)n(CC(=O)N2CC[C@H]3NCCC[C@]3(CO)C2)n1. The molecule has 2 aliphatic rings. The largest absolute Gasteiger partial charge is 0.396 e. The monoisotopic (exact) mass is 320 g/mol. The van der Waals surface area contributed by atoms with Gasteiger partial charge in [-0.3, -0.25) is 9.59 Å². The predicted molar refractivity (Wildman–Crippen MR) is 85.0 cm³/mol. The van der Waals surface area contributed by atoms with Crippen LogP contribution in [0.5, 0.6) is 0 Å². The van der Waals surface area contributed by atoms with E-state index in [1.807, 2.05) is 0 Å². The zero-order valence-corrected chi connectivity index (χ0v) is 13.5. The highest BCUT2D eigenvalue weighted by molar-refractivity contribution is 5.76. The van der Waals surface area contributed by atoms with Gasteiger partial charge in [0.2, 0.25) is 5.91 Å². The van der Waals surface area contributed by atoms with Gasteiger partial charge in [0, 0.05) is 30.6 Å². The molecule has 1 aromatic heterocycles. The molecule has 3 heterocycles. The molecule has 2 N–H and O–H groups in total. The van der Waals surface area contributed by atoms with Gasteiger partial charge in [-0.05, 0) is 38.8 Å². The highest BCUT2D eigenvalue weighted by Crippen LogP contribution is 2.37. The summed E-state index contributed by atoms with van der Waals surface area (Å²) < 4.78 is 1.22. The standard InChI is InChI=1S/C16H24N4O3/c1-12-3-4-14(22)20(18-12)9-15(23)19-8-5-13-16(10-19,11-21)6-2-7-17-13/h3-4,13,17,21H,2,5-11H2,1H3/t13-,16-/m1/s1. The highest BCUT2D eigenvalue weighted by Gasteiger charge is 2.45. The van der Waals surface area contributed by atoms with Crippen LogP contribution in [0.4, 0.5) is 0 Å². The fourth-order valence-electron chi connectivity index (χ4n) is 3.79. The predicted octanol–water partition coefficient (Wildman–Crippen LogP) is -0.485. The molecule has 3 rings (SSSR count). The topological polar surface area (TPSA) is 87.5 Å². The minimum atomic E-state index is -0.268. The summed E-state index contributed by atoms with van der Waals surface area (Å²) in [5.41, 5.74) is 0.186. The number of aryl methyl sites for hydroxylation is 1. The number of carbonyl (C=O) groups excluding carboxylic acids is 1. The van der Waals surface area contributed by atoms with Gasteiger partial charge >= 0.3 is 0 Å². The molecule has 1 amide bonds. The fraction of sp³-hybridized carbons (Fsp3) is 0.688. The van der Waals surface area contributed by atoms with Gasteiger partial charge in [0.1, 0.15) is 6.54 Å². The van der Waals surface area contributed by atoms with E-state index in [0.717, 1.165) is 25.8 Å². The van der Waals surface area contributed by atoms with E-state index in [0.29, 0.717) is 18.8 Å². The van der Waals surface area contributed by atoms with E-state index in [1.54, 1.807) is 17.9 Å². The van der Waals surface area contributed by atoms with E-state index >= 15 is 0 Å². The molecule has 0 bridgehead atoms. The van der Waals surface area contributed by atoms with Crippen molar-refractivity contribution in [2.45, 2.75) is 38.8 Å². The number of aliphatic hydroxyl groups excluding tert-OH is 1. The molecule has 126 valence electrons. The van der Waals surface area contributed by atoms with E-state index in [2.05, 4.69) is 10.4 Å². The van der Waals surface area contributed by atoms with Crippen molar-refractivity contribution in [1.82, 2.24) is 20.0 Å². The molecule has 2 fully saturated rings. The summed E-state index contributed by atoms with van der Waals surface area (Å²) in [7, 11) is 0. The number of carbonyl (C=O) groups is 1. The smallest absolute Gasteiger partial charge is 0.267 e. The van der Waals surface area contributed by atoms with Crippen LogP contribution in [0.15, 0.2) is 16.9 Å². The Morgan fingerprint density at radius 1 is 1.52 bits per heavy atom. The van der Waals surface area contributed by atoms with Crippen LogP contribution < -0.4 is 10.9 Å². The minimum Gasteiger partial charge on any atom is -0.396 e. The molecule has 0 saturated carbocycles. The van der Waals surface area contributed by atoms with Crippen LogP contribution in [0.1, 0.15) is 25.0 Å². The molecule has 2 atom stereocenters. The first-order valence-electron chi connectivity index (χ1n) is 8.21. The van der Waals surface area contributed by atoms with Gasteiger partial charge in [-0.1, -0.05) is 0 Å². The van der Waals surface area contributed by atoms with Gasteiger partial charge in [-0.15, -0.1) is 0 Å². The van der Waals surface area contributed by atoms with Crippen LogP contribution in [0.2, 0.25) is 0 Å². The zero-order chi connectivity index (χ0) is 16.4. The summed E-state index contributed by atoms with van der Waals surface area (Å²) >= 11 is 0. The summed E-state index contributed by atoms with van der Waals surface area (Å²) in [4.78, 5) is 26.2. The van der Waals surface area contributed by atoms with Crippen molar-refractivity contribution in [3.05, 3.63) is 28.2 Å². The maximum atomic E-state index is 12.6. The van der Waals surface area contributed by atoms with E-state index in [-0.39, 0.29) is 36.1 Å². The van der Waals surface area contributed by atoms with Gasteiger partial charge in [0.15, 0.2) is 0 Å². The minimum absolute atomic E-state index is 0.0416. The molecule has 0 aromatic carbocycles. The third-order valence-corrected chi connectivity index (χ3v) is 5.13. The number of amides is 1. The Bertz CT molecular complexity index is 644. The molecule has 23 heavy (non-hydrogen) atoms. The summed E-state index contributed by atoms with van der Waals surface area (Å²) in [5.74, 6) is -0.109. The van der Waals surface area contributed by atoms with Gasteiger partial charge in [0.05, 0.1) is 12.3 Å². The number of nitrogens with zero attached hydrogens (tertiary/aromatic N) is 3. The van der Waals surface area contributed by atoms with Crippen molar-refractivity contribution in [2.24, 2.45) is 5.41 Å². The van der Waals surface area contributed by atoms with Crippen molar-refractivity contribution in [2.75, 3.05) is 26.2 Å². The summed E-state index contributed by atoms with van der Waals surface area (Å²) in [6, 6.07) is 3.34. The van der Waals surface area contributed by atoms with Gasteiger partial charge in [-0.2, -0.15) is 5.10 Å².